The number of piperazine rings is 1. The Bertz CT molecular complexity index is 891. The molecular weight excluding hydrogens is 406 g/mol. The number of hydrogen-bond donors (Lipinski definition) is 0. The first-order valence-electron chi connectivity index (χ1n) is 11.6. The van der Waals surface area contributed by atoms with Gasteiger partial charge in [-0.2, -0.15) is 4.98 Å². The van der Waals surface area contributed by atoms with Crippen LogP contribution >= 0.6 is 0 Å². The summed E-state index contributed by atoms with van der Waals surface area (Å²) in [6.45, 7) is 10.7. The molecule has 2 saturated heterocycles. The van der Waals surface area contributed by atoms with Crippen LogP contribution in [-0.2, 0) is 4.74 Å². The lowest BCUT2D eigenvalue weighted by molar-refractivity contribution is 0.0746. The Morgan fingerprint density at radius 1 is 1.00 bits per heavy atom. The van der Waals surface area contributed by atoms with Gasteiger partial charge >= 0.3 is 0 Å². The number of aromatic nitrogens is 2. The van der Waals surface area contributed by atoms with Crippen LogP contribution in [-0.4, -0.2) is 79.9 Å². The third kappa shape index (κ3) is 5.48. The van der Waals surface area contributed by atoms with Crippen molar-refractivity contribution in [3.8, 4) is 5.75 Å². The van der Waals surface area contributed by atoms with Crippen molar-refractivity contribution in [2.75, 3.05) is 68.9 Å². The Hall–Kier alpha value is -2.87. The van der Waals surface area contributed by atoms with Gasteiger partial charge in [0.2, 0.25) is 5.95 Å². The summed E-state index contributed by atoms with van der Waals surface area (Å²) in [5.41, 5.74) is 1.65. The molecule has 0 saturated carbocycles. The van der Waals surface area contributed by atoms with E-state index in [1.807, 2.05) is 42.2 Å². The summed E-state index contributed by atoms with van der Waals surface area (Å²) >= 11 is 0. The van der Waals surface area contributed by atoms with Crippen molar-refractivity contribution < 1.29 is 14.3 Å². The number of amides is 1. The van der Waals surface area contributed by atoms with Gasteiger partial charge in [-0.05, 0) is 37.6 Å². The van der Waals surface area contributed by atoms with Crippen LogP contribution in [0, 0.1) is 6.92 Å². The van der Waals surface area contributed by atoms with Gasteiger partial charge in [-0.3, -0.25) is 4.79 Å². The van der Waals surface area contributed by atoms with Crippen LogP contribution in [0.4, 0.5) is 11.8 Å². The summed E-state index contributed by atoms with van der Waals surface area (Å²) in [4.78, 5) is 28.7. The van der Waals surface area contributed by atoms with E-state index in [1.54, 1.807) is 0 Å². The molecule has 8 heteroatoms. The summed E-state index contributed by atoms with van der Waals surface area (Å²) in [7, 11) is 0. The molecule has 1 amide bonds. The van der Waals surface area contributed by atoms with Gasteiger partial charge in [0.05, 0.1) is 19.8 Å². The average Bonchev–Trinajstić information content (AvgIpc) is 2.84. The molecule has 2 aliphatic rings. The molecule has 0 unspecified atom stereocenters. The molecule has 0 bridgehead atoms. The molecule has 172 valence electrons. The normalized spacial score (nSPS) is 16.9. The molecule has 0 radical (unpaired) electrons. The fraction of sp³-hybridized carbons (Fsp3) is 0.542. The standard InChI is InChI=1S/C24H33N5O3/c1-3-4-15-32-21-7-5-20(6-8-21)23(30)28-9-11-29(12-10-28)24-25-19(2)18-22(26-24)27-13-16-31-17-14-27/h5-8,18H,3-4,9-17H2,1-2H3. The summed E-state index contributed by atoms with van der Waals surface area (Å²) in [6, 6.07) is 9.51. The quantitative estimate of drug-likeness (QED) is 0.615. The van der Waals surface area contributed by atoms with Crippen LogP contribution in [0.25, 0.3) is 0 Å². The maximum absolute atomic E-state index is 12.9. The molecule has 3 heterocycles. The lowest BCUT2D eigenvalue weighted by Gasteiger charge is -2.35. The molecule has 1 aromatic carbocycles. The Balaban J connectivity index is 1.34. The number of carbonyl (C=O) groups excluding carboxylic acids is 1. The lowest BCUT2D eigenvalue weighted by atomic mass is 10.1. The number of rotatable bonds is 7. The average molecular weight is 440 g/mol. The minimum atomic E-state index is 0.0592. The van der Waals surface area contributed by atoms with Gasteiger partial charge in [0.15, 0.2) is 0 Å². The number of nitrogens with zero attached hydrogens (tertiary/aromatic N) is 5. The number of benzene rings is 1. The highest BCUT2D eigenvalue weighted by Gasteiger charge is 2.24. The molecular formula is C24H33N5O3. The molecule has 0 atom stereocenters. The highest BCUT2D eigenvalue weighted by Crippen LogP contribution is 2.21. The van der Waals surface area contributed by atoms with Gasteiger partial charge in [0.1, 0.15) is 11.6 Å². The van der Waals surface area contributed by atoms with Crippen molar-refractivity contribution in [3.05, 3.63) is 41.6 Å². The van der Waals surface area contributed by atoms with Gasteiger partial charge in [-0.1, -0.05) is 13.3 Å². The highest BCUT2D eigenvalue weighted by molar-refractivity contribution is 5.94. The van der Waals surface area contributed by atoms with Gasteiger partial charge in [-0.25, -0.2) is 4.98 Å². The van der Waals surface area contributed by atoms with E-state index in [4.69, 9.17) is 14.5 Å². The van der Waals surface area contributed by atoms with Crippen LogP contribution < -0.4 is 14.5 Å². The lowest BCUT2D eigenvalue weighted by Crippen LogP contribution is -2.49. The molecule has 2 aliphatic heterocycles. The zero-order chi connectivity index (χ0) is 22.3. The molecule has 0 aliphatic carbocycles. The Labute approximate surface area is 190 Å². The third-order valence-electron chi connectivity index (χ3n) is 5.88. The molecule has 32 heavy (non-hydrogen) atoms. The predicted octanol–water partition coefficient (Wildman–Crippen LogP) is 2.76. The summed E-state index contributed by atoms with van der Waals surface area (Å²) in [5.74, 6) is 2.57. The topological polar surface area (TPSA) is 71.0 Å². The second-order valence-electron chi connectivity index (χ2n) is 8.27. The van der Waals surface area contributed by atoms with Gasteiger partial charge in [0, 0.05) is 56.6 Å². The van der Waals surface area contributed by atoms with Gasteiger partial charge in [0.25, 0.3) is 5.91 Å². The third-order valence-corrected chi connectivity index (χ3v) is 5.88. The molecule has 0 spiro atoms. The maximum atomic E-state index is 12.9. The molecule has 4 rings (SSSR count). The molecule has 2 fully saturated rings. The minimum absolute atomic E-state index is 0.0592. The Morgan fingerprint density at radius 3 is 2.41 bits per heavy atom. The number of unbranched alkanes of at least 4 members (excludes halogenated alkanes) is 1. The number of aryl methyl sites for hydroxylation is 1. The van der Waals surface area contributed by atoms with E-state index in [9.17, 15) is 4.79 Å². The number of carbonyl (C=O) groups is 1. The maximum Gasteiger partial charge on any atom is 0.253 e. The van der Waals surface area contributed by atoms with E-state index in [0.29, 0.717) is 25.3 Å². The van der Waals surface area contributed by atoms with Crippen molar-refractivity contribution >= 4 is 17.7 Å². The van der Waals surface area contributed by atoms with E-state index in [1.165, 1.54) is 0 Å². The van der Waals surface area contributed by atoms with Crippen LogP contribution in [0.5, 0.6) is 5.75 Å². The zero-order valence-corrected chi connectivity index (χ0v) is 19.1. The molecule has 1 aromatic heterocycles. The smallest absolute Gasteiger partial charge is 0.253 e. The van der Waals surface area contributed by atoms with Crippen molar-refractivity contribution in [1.29, 1.82) is 0 Å². The number of anilines is 2. The van der Waals surface area contributed by atoms with E-state index in [2.05, 4.69) is 21.7 Å². The first kappa shape index (κ1) is 22.3. The van der Waals surface area contributed by atoms with Crippen LogP contribution in [0.15, 0.2) is 30.3 Å². The van der Waals surface area contributed by atoms with E-state index >= 15 is 0 Å². The number of morpholine rings is 1. The second kappa shape index (κ2) is 10.6. The molecule has 0 N–H and O–H groups in total. The monoisotopic (exact) mass is 439 g/mol. The fourth-order valence-electron chi connectivity index (χ4n) is 3.95. The highest BCUT2D eigenvalue weighted by atomic mass is 16.5. The van der Waals surface area contributed by atoms with Crippen LogP contribution in [0.3, 0.4) is 0 Å². The molecule has 8 nitrogen and oxygen atoms in total. The summed E-state index contributed by atoms with van der Waals surface area (Å²) < 4.78 is 11.2. The number of hydrogen-bond acceptors (Lipinski definition) is 7. The van der Waals surface area contributed by atoms with Gasteiger partial charge < -0.3 is 24.2 Å². The fourth-order valence-corrected chi connectivity index (χ4v) is 3.95. The van der Waals surface area contributed by atoms with Crippen molar-refractivity contribution in [3.63, 3.8) is 0 Å². The van der Waals surface area contributed by atoms with E-state index in [-0.39, 0.29) is 5.91 Å². The van der Waals surface area contributed by atoms with Crippen LogP contribution in [0.1, 0.15) is 35.8 Å². The summed E-state index contributed by atoms with van der Waals surface area (Å²) in [6.07, 6.45) is 2.13. The number of ether oxygens (including phenoxy) is 2. The predicted molar refractivity (Wildman–Crippen MR) is 125 cm³/mol. The SMILES string of the molecule is CCCCOc1ccc(C(=O)N2CCN(c3nc(C)cc(N4CCOCC4)n3)CC2)cc1. The second-order valence-corrected chi connectivity index (χ2v) is 8.27. The van der Waals surface area contributed by atoms with E-state index < -0.39 is 0 Å². The minimum Gasteiger partial charge on any atom is -0.494 e. The Kier molecular flexibility index (Phi) is 7.42. The molecule has 2 aromatic rings. The van der Waals surface area contributed by atoms with E-state index in [0.717, 1.165) is 75.4 Å². The first-order valence-corrected chi connectivity index (χ1v) is 11.6. The van der Waals surface area contributed by atoms with Gasteiger partial charge in [-0.15, -0.1) is 0 Å². The largest absolute Gasteiger partial charge is 0.494 e. The Morgan fingerprint density at radius 2 is 1.72 bits per heavy atom. The summed E-state index contributed by atoms with van der Waals surface area (Å²) in [5, 5.41) is 0. The van der Waals surface area contributed by atoms with Crippen molar-refractivity contribution in [2.24, 2.45) is 0 Å². The van der Waals surface area contributed by atoms with Crippen LogP contribution in [0.2, 0.25) is 0 Å². The zero-order valence-electron chi connectivity index (χ0n) is 19.1. The van der Waals surface area contributed by atoms with Crippen molar-refractivity contribution in [2.45, 2.75) is 26.7 Å². The van der Waals surface area contributed by atoms with Crippen molar-refractivity contribution in [1.82, 2.24) is 14.9 Å². The first-order chi connectivity index (χ1) is 15.6.